The van der Waals surface area contributed by atoms with E-state index < -0.39 is 0 Å². The summed E-state index contributed by atoms with van der Waals surface area (Å²) in [6.45, 7) is 0.488. The molecule has 1 N–H and O–H groups in total. The summed E-state index contributed by atoms with van der Waals surface area (Å²) in [6, 6.07) is 9.13. The topological polar surface area (TPSA) is 41.8 Å². The van der Waals surface area contributed by atoms with Gasteiger partial charge in [-0.2, -0.15) is 0 Å². The zero-order chi connectivity index (χ0) is 10.3. The van der Waals surface area contributed by atoms with Gasteiger partial charge in [-0.1, -0.05) is 12.1 Å². The molecular weight excluding hydrogens is 190 g/mol. The first-order valence-corrected chi connectivity index (χ1v) is 4.76. The van der Waals surface area contributed by atoms with Crippen molar-refractivity contribution in [2.45, 2.75) is 0 Å². The van der Waals surface area contributed by atoms with Crippen molar-refractivity contribution in [2.24, 2.45) is 4.99 Å². The molecule has 2 aromatic carbocycles. The molecule has 0 unspecified atom stereocenters. The lowest BCUT2D eigenvalue weighted by molar-refractivity contribution is 0.381. The molecule has 1 heterocycles. The lowest BCUT2D eigenvalue weighted by Crippen LogP contribution is -2.03. The minimum atomic E-state index is 0.244. The van der Waals surface area contributed by atoms with E-state index in [4.69, 9.17) is 4.74 Å². The lowest BCUT2D eigenvalue weighted by Gasteiger charge is -2.14. The maximum absolute atomic E-state index is 9.44. The summed E-state index contributed by atoms with van der Waals surface area (Å²) in [7, 11) is 0. The van der Waals surface area contributed by atoms with Crippen molar-refractivity contribution in [1.82, 2.24) is 0 Å². The van der Waals surface area contributed by atoms with Gasteiger partial charge in [-0.25, -0.2) is 0 Å². The Hall–Kier alpha value is -2.03. The molecule has 0 aliphatic carbocycles. The molecule has 0 aromatic heterocycles. The highest BCUT2D eigenvalue weighted by molar-refractivity contribution is 5.95. The van der Waals surface area contributed by atoms with Crippen LogP contribution in [0.25, 0.3) is 10.8 Å². The van der Waals surface area contributed by atoms with Crippen molar-refractivity contribution in [3.8, 4) is 11.5 Å². The number of nitrogens with zero attached hydrogens (tertiary/aromatic N) is 1. The average molecular weight is 199 g/mol. The van der Waals surface area contributed by atoms with E-state index in [9.17, 15) is 5.11 Å². The standard InChI is InChI=1S/C12H9NO2/c14-9-3-1-8-2-4-11-12(10(8)7-9)15-6-5-13-11/h1-5,7,14H,6H2. The Morgan fingerprint density at radius 3 is 3.00 bits per heavy atom. The summed E-state index contributed by atoms with van der Waals surface area (Å²) in [5, 5.41) is 11.4. The molecule has 3 rings (SSSR count). The van der Waals surface area contributed by atoms with Crippen molar-refractivity contribution >= 4 is 22.7 Å². The lowest BCUT2D eigenvalue weighted by atomic mass is 10.1. The molecular formula is C12H9NO2. The second-order valence-electron chi connectivity index (χ2n) is 3.44. The molecule has 15 heavy (non-hydrogen) atoms. The molecule has 0 bridgehead atoms. The fourth-order valence-electron chi connectivity index (χ4n) is 1.78. The van der Waals surface area contributed by atoms with Crippen LogP contribution in [0.15, 0.2) is 35.3 Å². The third-order valence-corrected chi connectivity index (χ3v) is 2.47. The number of phenolic OH excluding ortho intramolecular Hbond substituents is 1. The van der Waals surface area contributed by atoms with Crippen LogP contribution in [0.1, 0.15) is 0 Å². The number of rotatable bonds is 0. The van der Waals surface area contributed by atoms with Crippen LogP contribution in [-0.2, 0) is 0 Å². The van der Waals surface area contributed by atoms with Gasteiger partial charge in [0.05, 0.1) is 0 Å². The van der Waals surface area contributed by atoms with Gasteiger partial charge in [-0.3, -0.25) is 4.99 Å². The van der Waals surface area contributed by atoms with Gasteiger partial charge < -0.3 is 9.84 Å². The van der Waals surface area contributed by atoms with Gasteiger partial charge in [0.1, 0.15) is 18.0 Å². The number of benzene rings is 2. The third-order valence-electron chi connectivity index (χ3n) is 2.47. The third kappa shape index (κ3) is 1.24. The summed E-state index contributed by atoms with van der Waals surface area (Å²) in [5.41, 5.74) is 0.819. The largest absolute Gasteiger partial charge is 0.508 e. The smallest absolute Gasteiger partial charge is 0.153 e. The molecule has 0 saturated carbocycles. The van der Waals surface area contributed by atoms with Crippen LogP contribution >= 0.6 is 0 Å². The molecule has 0 saturated heterocycles. The van der Waals surface area contributed by atoms with E-state index in [1.165, 1.54) is 0 Å². The first-order chi connectivity index (χ1) is 7.34. The van der Waals surface area contributed by atoms with E-state index in [0.717, 1.165) is 22.2 Å². The van der Waals surface area contributed by atoms with Gasteiger partial charge in [0.15, 0.2) is 5.75 Å². The predicted octanol–water partition coefficient (Wildman–Crippen LogP) is 2.64. The minimum Gasteiger partial charge on any atom is -0.508 e. The predicted molar refractivity (Wildman–Crippen MR) is 59.3 cm³/mol. The van der Waals surface area contributed by atoms with E-state index >= 15 is 0 Å². The zero-order valence-corrected chi connectivity index (χ0v) is 7.97. The molecule has 1 aliphatic heterocycles. The molecule has 3 nitrogen and oxygen atoms in total. The number of fused-ring (bicyclic) bond motifs is 3. The van der Waals surface area contributed by atoms with Crippen molar-refractivity contribution in [2.75, 3.05) is 6.61 Å². The van der Waals surface area contributed by atoms with Crippen LogP contribution in [0.2, 0.25) is 0 Å². The van der Waals surface area contributed by atoms with Crippen LogP contribution in [0, 0.1) is 0 Å². The summed E-state index contributed by atoms with van der Waals surface area (Å²) in [4.78, 5) is 4.24. The Morgan fingerprint density at radius 2 is 2.07 bits per heavy atom. The first kappa shape index (κ1) is 8.29. The van der Waals surface area contributed by atoms with Gasteiger partial charge in [-0.15, -0.1) is 0 Å². The number of aromatic hydroxyl groups is 1. The van der Waals surface area contributed by atoms with Crippen LogP contribution in [-0.4, -0.2) is 17.9 Å². The molecule has 0 radical (unpaired) electrons. The van der Waals surface area contributed by atoms with Gasteiger partial charge in [0.25, 0.3) is 0 Å². The van der Waals surface area contributed by atoms with Gasteiger partial charge >= 0.3 is 0 Å². The highest BCUT2D eigenvalue weighted by Crippen LogP contribution is 2.38. The number of ether oxygens (including phenoxy) is 1. The Bertz CT molecular complexity index is 561. The highest BCUT2D eigenvalue weighted by atomic mass is 16.5. The van der Waals surface area contributed by atoms with E-state index in [1.54, 1.807) is 18.3 Å². The Kier molecular flexibility index (Phi) is 1.65. The van der Waals surface area contributed by atoms with Crippen molar-refractivity contribution in [1.29, 1.82) is 0 Å². The molecule has 3 heteroatoms. The fourth-order valence-corrected chi connectivity index (χ4v) is 1.78. The Morgan fingerprint density at radius 1 is 1.20 bits per heavy atom. The molecule has 0 spiro atoms. The number of aliphatic imine (C=N–C) groups is 1. The second kappa shape index (κ2) is 2.98. The molecule has 1 aliphatic rings. The van der Waals surface area contributed by atoms with E-state index in [2.05, 4.69) is 4.99 Å². The van der Waals surface area contributed by atoms with E-state index in [-0.39, 0.29) is 5.75 Å². The van der Waals surface area contributed by atoms with Crippen LogP contribution < -0.4 is 4.74 Å². The number of hydrogen-bond donors (Lipinski definition) is 1. The van der Waals surface area contributed by atoms with E-state index in [1.807, 2.05) is 18.2 Å². The van der Waals surface area contributed by atoms with E-state index in [0.29, 0.717) is 6.61 Å². The monoisotopic (exact) mass is 199 g/mol. The molecule has 0 atom stereocenters. The van der Waals surface area contributed by atoms with Crippen LogP contribution in [0.5, 0.6) is 11.5 Å². The fraction of sp³-hybridized carbons (Fsp3) is 0.0833. The summed E-state index contributed by atoms with van der Waals surface area (Å²) >= 11 is 0. The van der Waals surface area contributed by atoms with Gasteiger partial charge in [0.2, 0.25) is 0 Å². The van der Waals surface area contributed by atoms with Crippen molar-refractivity contribution in [3.63, 3.8) is 0 Å². The van der Waals surface area contributed by atoms with Gasteiger partial charge in [-0.05, 0) is 23.6 Å². The first-order valence-electron chi connectivity index (χ1n) is 4.76. The zero-order valence-electron chi connectivity index (χ0n) is 7.97. The Balaban J connectivity index is 2.40. The Labute approximate surface area is 86.6 Å². The average Bonchev–Trinajstić information content (AvgIpc) is 2.29. The summed E-state index contributed by atoms with van der Waals surface area (Å²) in [5.74, 6) is 1.000. The summed E-state index contributed by atoms with van der Waals surface area (Å²) in [6.07, 6.45) is 1.73. The second-order valence-corrected chi connectivity index (χ2v) is 3.44. The normalized spacial score (nSPS) is 13.6. The molecule has 0 fully saturated rings. The highest BCUT2D eigenvalue weighted by Gasteiger charge is 2.11. The van der Waals surface area contributed by atoms with Crippen molar-refractivity contribution < 1.29 is 9.84 Å². The molecule has 2 aromatic rings. The maximum atomic E-state index is 9.44. The minimum absolute atomic E-state index is 0.244. The van der Waals surface area contributed by atoms with Crippen molar-refractivity contribution in [3.05, 3.63) is 30.3 Å². The molecule has 74 valence electrons. The van der Waals surface area contributed by atoms with Crippen LogP contribution in [0.3, 0.4) is 0 Å². The molecule has 0 amide bonds. The number of phenols is 1. The maximum Gasteiger partial charge on any atom is 0.153 e. The number of hydrogen-bond acceptors (Lipinski definition) is 3. The quantitative estimate of drug-likeness (QED) is 0.708. The van der Waals surface area contributed by atoms with Crippen LogP contribution in [0.4, 0.5) is 5.69 Å². The summed E-state index contributed by atoms with van der Waals surface area (Å²) < 4.78 is 5.53. The SMILES string of the molecule is Oc1ccc2ccc3c(c2c1)OCC=N3. The van der Waals surface area contributed by atoms with Gasteiger partial charge in [0, 0.05) is 11.6 Å².